The van der Waals surface area contributed by atoms with Crippen LogP contribution < -0.4 is 0 Å². The van der Waals surface area contributed by atoms with Gasteiger partial charge in [0.15, 0.2) is 0 Å². The van der Waals surface area contributed by atoms with Gasteiger partial charge in [0.1, 0.15) is 0 Å². The number of rotatable bonds is 6. The molecule has 0 aliphatic carbocycles. The summed E-state index contributed by atoms with van der Waals surface area (Å²) < 4.78 is 0. The average Bonchev–Trinajstić information content (AvgIpc) is 2.31. The van der Waals surface area contributed by atoms with Gasteiger partial charge in [0, 0.05) is 19.1 Å². The number of aliphatic hydroxyl groups is 1. The fourth-order valence-corrected chi connectivity index (χ4v) is 2.40. The molecular formula is C14H30N2O. The second kappa shape index (κ2) is 7.34. The van der Waals surface area contributed by atoms with E-state index >= 15 is 0 Å². The summed E-state index contributed by atoms with van der Waals surface area (Å²) in [6.07, 6.45) is 3.31. The van der Waals surface area contributed by atoms with Crippen LogP contribution in [-0.4, -0.2) is 60.3 Å². The van der Waals surface area contributed by atoms with Gasteiger partial charge in [-0.2, -0.15) is 0 Å². The van der Waals surface area contributed by atoms with Crippen molar-refractivity contribution in [2.24, 2.45) is 5.92 Å². The highest BCUT2D eigenvalue weighted by Gasteiger charge is 2.21. The minimum absolute atomic E-state index is 0.134. The number of likely N-dealkylation sites (tertiary alicyclic amines) is 1. The number of hydrogen-bond donors (Lipinski definition) is 1. The summed E-state index contributed by atoms with van der Waals surface area (Å²) in [6, 6.07) is 0.648. The molecule has 1 fully saturated rings. The quantitative estimate of drug-likeness (QED) is 0.769. The third-order valence-electron chi connectivity index (χ3n) is 4.08. The summed E-state index contributed by atoms with van der Waals surface area (Å²) in [5.74, 6) is 0.845. The van der Waals surface area contributed by atoms with Crippen LogP contribution in [0.25, 0.3) is 0 Å². The van der Waals surface area contributed by atoms with Gasteiger partial charge < -0.3 is 14.9 Å². The molecule has 0 amide bonds. The molecule has 1 aliphatic heterocycles. The molecule has 0 spiro atoms. The van der Waals surface area contributed by atoms with E-state index in [0.717, 1.165) is 32.0 Å². The summed E-state index contributed by atoms with van der Waals surface area (Å²) in [7, 11) is 2.22. The molecule has 0 unspecified atom stereocenters. The molecule has 0 aromatic rings. The van der Waals surface area contributed by atoms with Crippen LogP contribution in [0, 0.1) is 5.92 Å². The van der Waals surface area contributed by atoms with E-state index in [4.69, 9.17) is 0 Å². The van der Waals surface area contributed by atoms with E-state index in [9.17, 15) is 5.11 Å². The van der Waals surface area contributed by atoms with E-state index in [1.54, 1.807) is 0 Å². The van der Waals surface area contributed by atoms with Crippen molar-refractivity contribution in [1.82, 2.24) is 9.80 Å². The zero-order valence-electron chi connectivity index (χ0n) is 12.0. The second-order valence-corrected chi connectivity index (χ2v) is 5.84. The first kappa shape index (κ1) is 14.9. The van der Waals surface area contributed by atoms with Crippen molar-refractivity contribution in [1.29, 1.82) is 0 Å². The first-order chi connectivity index (χ1) is 8.02. The van der Waals surface area contributed by atoms with Gasteiger partial charge in [0.25, 0.3) is 0 Å². The van der Waals surface area contributed by atoms with Crippen molar-refractivity contribution in [3.8, 4) is 0 Å². The fourth-order valence-electron chi connectivity index (χ4n) is 2.40. The van der Waals surface area contributed by atoms with Crippen LogP contribution in [0.1, 0.15) is 40.0 Å². The summed E-state index contributed by atoms with van der Waals surface area (Å²) in [5, 5.41) is 9.64. The minimum Gasteiger partial charge on any atom is -0.392 e. The van der Waals surface area contributed by atoms with Gasteiger partial charge in [-0.15, -0.1) is 0 Å². The molecule has 1 aliphatic rings. The number of β-amino-alcohol motifs (C(OH)–C–C–N with tert-alkyl or cyclic N) is 1. The highest BCUT2D eigenvalue weighted by Crippen LogP contribution is 2.19. The number of nitrogens with zero attached hydrogens (tertiary/aromatic N) is 2. The van der Waals surface area contributed by atoms with Gasteiger partial charge in [0.2, 0.25) is 0 Å². The Balaban J connectivity index is 2.21. The van der Waals surface area contributed by atoms with E-state index in [-0.39, 0.29) is 6.10 Å². The lowest BCUT2D eigenvalue weighted by Crippen LogP contribution is -2.42. The molecule has 0 saturated carbocycles. The van der Waals surface area contributed by atoms with E-state index in [2.05, 4.69) is 37.6 Å². The lowest BCUT2D eigenvalue weighted by Gasteiger charge is -2.35. The lowest BCUT2D eigenvalue weighted by molar-refractivity contribution is 0.0788. The SMILES string of the molecule is CC[C@@H](O)CN1CCC(CN(C)C(C)C)CC1. The topological polar surface area (TPSA) is 26.7 Å². The first-order valence-corrected chi connectivity index (χ1v) is 7.13. The minimum atomic E-state index is -0.134. The van der Waals surface area contributed by atoms with Crippen molar-refractivity contribution in [2.45, 2.75) is 52.2 Å². The van der Waals surface area contributed by atoms with Crippen molar-refractivity contribution < 1.29 is 5.11 Å². The molecule has 0 aromatic heterocycles. The maximum atomic E-state index is 9.64. The zero-order valence-corrected chi connectivity index (χ0v) is 12.0. The normalized spacial score (nSPS) is 21.4. The van der Waals surface area contributed by atoms with Crippen LogP contribution in [0.4, 0.5) is 0 Å². The van der Waals surface area contributed by atoms with Crippen molar-refractivity contribution in [3.63, 3.8) is 0 Å². The Bertz CT molecular complexity index is 200. The Morgan fingerprint density at radius 1 is 1.29 bits per heavy atom. The Labute approximate surface area is 107 Å². The molecule has 3 nitrogen and oxygen atoms in total. The predicted molar refractivity (Wildman–Crippen MR) is 73.2 cm³/mol. The van der Waals surface area contributed by atoms with Crippen LogP contribution in [-0.2, 0) is 0 Å². The molecule has 1 saturated heterocycles. The predicted octanol–water partition coefficient (Wildman–Crippen LogP) is 1.81. The molecular weight excluding hydrogens is 212 g/mol. The second-order valence-electron chi connectivity index (χ2n) is 5.84. The van der Waals surface area contributed by atoms with E-state index in [0.29, 0.717) is 6.04 Å². The number of piperidine rings is 1. The third kappa shape index (κ3) is 5.36. The Kier molecular flexibility index (Phi) is 6.45. The fraction of sp³-hybridized carbons (Fsp3) is 1.00. The Morgan fingerprint density at radius 2 is 1.88 bits per heavy atom. The van der Waals surface area contributed by atoms with Gasteiger partial charge in [-0.1, -0.05) is 6.92 Å². The average molecular weight is 242 g/mol. The smallest absolute Gasteiger partial charge is 0.0664 e. The van der Waals surface area contributed by atoms with Crippen molar-refractivity contribution in [2.75, 3.05) is 33.2 Å². The molecule has 0 radical (unpaired) electrons. The molecule has 0 aromatic carbocycles. The number of hydrogen-bond acceptors (Lipinski definition) is 3. The van der Waals surface area contributed by atoms with Crippen molar-refractivity contribution in [3.05, 3.63) is 0 Å². The molecule has 1 rings (SSSR count). The van der Waals surface area contributed by atoms with Crippen LogP contribution in [0.2, 0.25) is 0 Å². The van der Waals surface area contributed by atoms with E-state index in [1.165, 1.54) is 19.4 Å². The van der Waals surface area contributed by atoms with Crippen LogP contribution >= 0.6 is 0 Å². The summed E-state index contributed by atoms with van der Waals surface area (Å²) in [4.78, 5) is 4.86. The highest BCUT2D eigenvalue weighted by atomic mass is 16.3. The van der Waals surface area contributed by atoms with Crippen molar-refractivity contribution >= 4 is 0 Å². The molecule has 3 heteroatoms. The highest BCUT2D eigenvalue weighted by molar-refractivity contribution is 4.76. The third-order valence-corrected chi connectivity index (χ3v) is 4.08. The van der Waals surface area contributed by atoms with Gasteiger partial charge in [0.05, 0.1) is 6.10 Å². The van der Waals surface area contributed by atoms with Gasteiger partial charge in [-0.3, -0.25) is 0 Å². The molecule has 17 heavy (non-hydrogen) atoms. The van der Waals surface area contributed by atoms with Gasteiger partial charge in [-0.25, -0.2) is 0 Å². The Morgan fingerprint density at radius 3 is 2.35 bits per heavy atom. The number of aliphatic hydroxyl groups excluding tert-OH is 1. The maximum absolute atomic E-state index is 9.64. The molecule has 1 atom stereocenters. The van der Waals surface area contributed by atoms with Gasteiger partial charge in [-0.05, 0) is 59.2 Å². The van der Waals surface area contributed by atoms with Crippen LogP contribution in [0.5, 0.6) is 0 Å². The van der Waals surface area contributed by atoms with E-state index in [1.807, 2.05) is 0 Å². The Hall–Kier alpha value is -0.120. The van der Waals surface area contributed by atoms with Gasteiger partial charge >= 0.3 is 0 Å². The van der Waals surface area contributed by atoms with Crippen LogP contribution in [0.3, 0.4) is 0 Å². The lowest BCUT2D eigenvalue weighted by atomic mass is 9.95. The van der Waals surface area contributed by atoms with E-state index < -0.39 is 0 Å². The standard InChI is InChI=1S/C14H30N2O/c1-5-14(17)11-16-8-6-13(7-9-16)10-15(4)12(2)3/h12-14,17H,5-11H2,1-4H3/t14-/m1/s1. The summed E-state index contributed by atoms with van der Waals surface area (Å²) >= 11 is 0. The zero-order chi connectivity index (χ0) is 12.8. The molecule has 1 N–H and O–H groups in total. The molecule has 0 bridgehead atoms. The monoisotopic (exact) mass is 242 g/mol. The molecule has 102 valence electrons. The summed E-state index contributed by atoms with van der Waals surface area (Å²) in [6.45, 7) is 11.0. The first-order valence-electron chi connectivity index (χ1n) is 7.13. The largest absolute Gasteiger partial charge is 0.392 e. The summed E-state index contributed by atoms with van der Waals surface area (Å²) in [5.41, 5.74) is 0. The van der Waals surface area contributed by atoms with Crippen LogP contribution in [0.15, 0.2) is 0 Å². The molecule has 1 heterocycles. The maximum Gasteiger partial charge on any atom is 0.0664 e.